The molecule has 1 rings (SSSR count). The first-order valence-electron chi connectivity index (χ1n) is 5.31. The molecular formula is C10H22N2. The van der Waals surface area contributed by atoms with Gasteiger partial charge in [0.2, 0.25) is 0 Å². The van der Waals surface area contributed by atoms with Crippen LogP contribution in [0.15, 0.2) is 0 Å². The maximum Gasteiger partial charge on any atom is 0.00792 e. The Morgan fingerprint density at radius 2 is 2.25 bits per heavy atom. The number of nitrogens with two attached hydrogens (primary N) is 1. The molecule has 0 spiro atoms. The molecule has 1 fully saturated rings. The second-order valence-electron chi connectivity index (χ2n) is 3.91. The Kier molecular flexibility index (Phi) is 4.62. The van der Waals surface area contributed by atoms with Crippen molar-refractivity contribution in [2.75, 3.05) is 13.1 Å². The molecule has 0 saturated heterocycles. The van der Waals surface area contributed by atoms with E-state index < -0.39 is 0 Å². The third-order valence-electron chi connectivity index (χ3n) is 2.83. The van der Waals surface area contributed by atoms with E-state index in [9.17, 15) is 0 Å². The molecule has 2 nitrogen and oxygen atoms in total. The van der Waals surface area contributed by atoms with E-state index in [-0.39, 0.29) is 0 Å². The number of hydrogen-bond donors (Lipinski definition) is 2. The van der Waals surface area contributed by atoms with Crippen LogP contribution in [0.25, 0.3) is 0 Å². The topological polar surface area (TPSA) is 38.0 Å². The minimum absolute atomic E-state index is 0.471. The fraction of sp³-hybridized carbons (Fsp3) is 1.00. The van der Waals surface area contributed by atoms with Crippen molar-refractivity contribution >= 4 is 0 Å². The van der Waals surface area contributed by atoms with Crippen molar-refractivity contribution in [2.45, 2.75) is 45.1 Å². The lowest BCUT2D eigenvalue weighted by Crippen LogP contribution is -2.33. The third kappa shape index (κ3) is 3.11. The fourth-order valence-corrected chi connectivity index (χ4v) is 1.91. The maximum absolute atomic E-state index is 5.95. The lowest BCUT2D eigenvalue weighted by atomic mass is 10.0. The molecule has 1 saturated carbocycles. The second-order valence-corrected chi connectivity index (χ2v) is 3.91. The summed E-state index contributed by atoms with van der Waals surface area (Å²) in [6.07, 6.45) is 6.48. The highest BCUT2D eigenvalue weighted by Gasteiger charge is 2.22. The molecule has 0 radical (unpaired) electrons. The van der Waals surface area contributed by atoms with E-state index in [0.29, 0.717) is 6.04 Å². The zero-order valence-electron chi connectivity index (χ0n) is 8.18. The Bertz CT molecular complexity index is 114. The SMILES string of the molecule is CCCCNCC1CCCC1N. The monoisotopic (exact) mass is 170 g/mol. The zero-order chi connectivity index (χ0) is 8.81. The molecule has 2 heteroatoms. The lowest BCUT2D eigenvalue weighted by molar-refractivity contribution is 0.440. The van der Waals surface area contributed by atoms with Crippen molar-refractivity contribution < 1.29 is 0 Å². The van der Waals surface area contributed by atoms with Crippen LogP contribution in [0.1, 0.15) is 39.0 Å². The summed E-state index contributed by atoms with van der Waals surface area (Å²) in [4.78, 5) is 0. The van der Waals surface area contributed by atoms with Crippen LogP contribution in [0.5, 0.6) is 0 Å². The predicted molar refractivity (Wildman–Crippen MR) is 53.1 cm³/mol. The molecule has 0 bridgehead atoms. The van der Waals surface area contributed by atoms with E-state index in [1.165, 1.54) is 38.6 Å². The van der Waals surface area contributed by atoms with Gasteiger partial charge in [-0.1, -0.05) is 19.8 Å². The van der Waals surface area contributed by atoms with Crippen LogP contribution in [0, 0.1) is 5.92 Å². The molecule has 0 aromatic carbocycles. The van der Waals surface area contributed by atoms with Gasteiger partial charge in [0.1, 0.15) is 0 Å². The molecule has 2 unspecified atom stereocenters. The number of rotatable bonds is 5. The normalized spacial score (nSPS) is 29.5. The minimum Gasteiger partial charge on any atom is -0.327 e. The minimum atomic E-state index is 0.471. The van der Waals surface area contributed by atoms with Gasteiger partial charge in [0.25, 0.3) is 0 Å². The standard InChI is InChI=1S/C10H22N2/c1-2-3-7-12-8-9-5-4-6-10(9)11/h9-10,12H,2-8,11H2,1H3. The Morgan fingerprint density at radius 3 is 2.83 bits per heavy atom. The van der Waals surface area contributed by atoms with Crippen molar-refractivity contribution in [3.8, 4) is 0 Å². The van der Waals surface area contributed by atoms with E-state index in [1.807, 2.05) is 0 Å². The summed E-state index contributed by atoms with van der Waals surface area (Å²) in [6.45, 7) is 4.53. The van der Waals surface area contributed by atoms with Crippen molar-refractivity contribution in [1.29, 1.82) is 0 Å². The molecule has 72 valence electrons. The first-order chi connectivity index (χ1) is 5.84. The summed E-state index contributed by atoms with van der Waals surface area (Å²) in [5, 5.41) is 3.48. The molecule has 1 aliphatic carbocycles. The molecule has 12 heavy (non-hydrogen) atoms. The van der Waals surface area contributed by atoms with E-state index in [4.69, 9.17) is 5.73 Å². The first kappa shape index (κ1) is 10.0. The average molecular weight is 170 g/mol. The first-order valence-corrected chi connectivity index (χ1v) is 5.31. The van der Waals surface area contributed by atoms with Crippen LogP contribution in [0.3, 0.4) is 0 Å². The zero-order valence-corrected chi connectivity index (χ0v) is 8.18. The molecule has 2 atom stereocenters. The lowest BCUT2D eigenvalue weighted by Gasteiger charge is -2.15. The van der Waals surface area contributed by atoms with E-state index in [2.05, 4.69) is 12.2 Å². The van der Waals surface area contributed by atoms with Gasteiger partial charge in [0.05, 0.1) is 0 Å². The average Bonchev–Trinajstić information content (AvgIpc) is 2.46. The number of unbranched alkanes of at least 4 members (excludes halogenated alkanes) is 1. The Hall–Kier alpha value is -0.0800. The van der Waals surface area contributed by atoms with Gasteiger partial charge in [-0.3, -0.25) is 0 Å². The summed E-state index contributed by atoms with van der Waals surface area (Å²) in [5.74, 6) is 0.752. The smallest absolute Gasteiger partial charge is 0.00792 e. The molecule has 0 aliphatic heterocycles. The Balaban J connectivity index is 1.98. The molecule has 0 aromatic rings. The van der Waals surface area contributed by atoms with Crippen LogP contribution in [0.4, 0.5) is 0 Å². The highest BCUT2D eigenvalue weighted by atomic mass is 14.9. The largest absolute Gasteiger partial charge is 0.327 e. The molecule has 0 aromatic heterocycles. The van der Waals surface area contributed by atoms with Gasteiger partial charge in [-0.25, -0.2) is 0 Å². The molecule has 0 amide bonds. The highest BCUT2D eigenvalue weighted by Crippen LogP contribution is 2.22. The number of hydrogen-bond acceptors (Lipinski definition) is 2. The van der Waals surface area contributed by atoms with E-state index in [0.717, 1.165) is 12.5 Å². The fourth-order valence-electron chi connectivity index (χ4n) is 1.91. The van der Waals surface area contributed by atoms with Gasteiger partial charge < -0.3 is 11.1 Å². The van der Waals surface area contributed by atoms with Crippen molar-refractivity contribution in [3.05, 3.63) is 0 Å². The van der Waals surface area contributed by atoms with Crippen LogP contribution < -0.4 is 11.1 Å². The van der Waals surface area contributed by atoms with Gasteiger partial charge in [-0.05, 0) is 38.3 Å². The summed E-state index contributed by atoms with van der Waals surface area (Å²) >= 11 is 0. The van der Waals surface area contributed by atoms with Gasteiger partial charge in [-0.2, -0.15) is 0 Å². The highest BCUT2D eigenvalue weighted by molar-refractivity contribution is 4.81. The van der Waals surface area contributed by atoms with E-state index >= 15 is 0 Å². The number of nitrogens with one attached hydrogen (secondary N) is 1. The van der Waals surface area contributed by atoms with Crippen molar-refractivity contribution in [2.24, 2.45) is 11.7 Å². The molecule has 0 heterocycles. The predicted octanol–water partition coefficient (Wildman–Crippen LogP) is 1.50. The third-order valence-corrected chi connectivity index (χ3v) is 2.83. The van der Waals surface area contributed by atoms with Gasteiger partial charge in [0.15, 0.2) is 0 Å². The van der Waals surface area contributed by atoms with Gasteiger partial charge in [-0.15, -0.1) is 0 Å². The van der Waals surface area contributed by atoms with Crippen LogP contribution >= 0.6 is 0 Å². The summed E-state index contributed by atoms with van der Waals surface area (Å²) in [7, 11) is 0. The van der Waals surface area contributed by atoms with Crippen LogP contribution in [0.2, 0.25) is 0 Å². The molecule has 3 N–H and O–H groups in total. The quantitative estimate of drug-likeness (QED) is 0.614. The summed E-state index contributed by atoms with van der Waals surface area (Å²) < 4.78 is 0. The van der Waals surface area contributed by atoms with Crippen LogP contribution in [-0.2, 0) is 0 Å². The van der Waals surface area contributed by atoms with Crippen molar-refractivity contribution in [3.63, 3.8) is 0 Å². The van der Waals surface area contributed by atoms with Crippen molar-refractivity contribution in [1.82, 2.24) is 5.32 Å². The van der Waals surface area contributed by atoms with E-state index in [1.54, 1.807) is 0 Å². The molecule has 1 aliphatic rings. The van der Waals surface area contributed by atoms with Gasteiger partial charge >= 0.3 is 0 Å². The Morgan fingerprint density at radius 1 is 1.42 bits per heavy atom. The maximum atomic E-state index is 5.95. The summed E-state index contributed by atoms with van der Waals surface area (Å²) in [5.41, 5.74) is 5.95. The van der Waals surface area contributed by atoms with Crippen LogP contribution in [-0.4, -0.2) is 19.1 Å². The Labute approximate surface area is 75.9 Å². The molecular weight excluding hydrogens is 148 g/mol. The second kappa shape index (κ2) is 5.55. The summed E-state index contributed by atoms with van der Waals surface area (Å²) in [6, 6.07) is 0.471. The van der Waals surface area contributed by atoms with Gasteiger partial charge in [0, 0.05) is 6.04 Å².